The summed E-state index contributed by atoms with van der Waals surface area (Å²) in [5.74, 6) is 1.29. The number of fused-ring (bicyclic) bond motifs is 2. The Kier molecular flexibility index (Phi) is 2.43. The van der Waals surface area contributed by atoms with Crippen molar-refractivity contribution in [2.45, 2.75) is 6.92 Å². The number of H-pyrrole nitrogens is 2. The maximum absolute atomic E-state index is 3.35. The quantitative estimate of drug-likeness (QED) is 0.525. The van der Waals surface area contributed by atoms with Gasteiger partial charge in [-0.1, -0.05) is 43.3 Å². The highest BCUT2D eigenvalue weighted by atomic mass is 14.7. The van der Waals surface area contributed by atoms with E-state index in [2.05, 4.69) is 77.8 Å². The first-order chi connectivity index (χ1) is 9.84. The lowest BCUT2D eigenvalue weighted by Crippen LogP contribution is -1.94. The Morgan fingerprint density at radius 3 is 1.65 bits per heavy atom. The third kappa shape index (κ3) is 1.58. The number of hydrogen-bond donors (Lipinski definition) is 2. The molecule has 0 spiro atoms. The Hall–Kier alpha value is -2.48. The summed E-state index contributed by atoms with van der Waals surface area (Å²) in [4.78, 5) is 6.70. The van der Waals surface area contributed by atoms with Crippen LogP contribution in [0.3, 0.4) is 0 Å². The van der Waals surface area contributed by atoms with E-state index in [-0.39, 0.29) is 0 Å². The molecule has 20 heavy (non-hydrogen) atoms. The molecule has 0 aliphatic rings. The average Bonchev–Trinajstić information content (AvgIpc) is 3.11. The molecule has 2 N–H and O–H groups in total. The van der Waals surface area contributed by atoms with E-state index in [0.717, 1.165) is 0 Å². The number of nitrogens with one attached hydrogen (secondary N) is 2. The van der Waals surface area contributed by atoms with Gasteiger partial charge in [0.05, 0.1) is 0 Å². The molecule has 0 amide bonds. The monoisotopic (exact) mass is 259 g/mol. The van der Waals surface area contributed by atoms with Gasteiger partial charge in [0.15, 0.2) is 0 Å². The van der Waals surface area contributed by atoms with Crippen molar-refractivity contribution in [3.8, 4) is 0 Å². The zero-order chi connectivity index (χ0) is 13.5. The molecule has 1 radical (unpaired) electrons. The molecule has 0 atom stereocenters. The molecule has 0 unspecified atom stereocenters. The average molecular weight is 259 g/mol. The summed E-state index contributed by atoms with van der Waals surface area (Å²) in [6.45, 7) is 2.19. The van der Waals surface area contributed by atoms with Gasteiger partial charge in [-0.15, -0.1) is 0 Å². The summed E-state index contributed by atoms with van der Waals surface area (Å²) in [5, 5.41) is 2.55. The van der Waals surface area contributed by atoms with Crippen LogP contribution in [0.4, 0.5) is 0 Å². The number of aromatic amines is 2. The van der Waals surface area contributed by atoms with E-state index in [0.29, 0.717) is 0 Å². The first-order valence-electron chi connectivity index (χ1n) is 6.81. The summed E-state index contributed by atoms with van der Waals surface area (Å²) in [6, 6.07) is 16.8. The van der Waals surface area contributed by atoms with Gasteiger partial charge in [0, 0.05) is 40.1 Å². The molecule has 4 aromatic rings. The van der Waals surface area contributed by atoms with E-state index < -0.39 is 0 Å². The van der Waals surface area contributed by atoms with Gasteiger partial charge in [-0.05, 0) is 23.3 Å². The van der Waals surface area contributed by atoms with Crippen molar-refractivity contribution in [1.82, 2.24) is 9.97 Å². The van der Waals surface area contributed by atoms with Crippen LogP contribution < -0.4 is 0 Å². The molecule has 0 bridgehead atoms. The highest BCUT2D eigenvalue weighted by Crippen LogP contribution is 2.33. The second-order valence-electron chi connectivity index (χ2n) is 5.12. The summed E-state index contributed by atoms with van der Waals surface area (Å²) in [6.07, 6.45) is 4.20. The standard InChI is InChI=1S/C18H15N2/c1-12(15-10-19-17-8-4-2-6-13(15)17)16-11-20-18-9-5-3-7-14(16)18/h2-11,19-20H,1H3. The number of hydrogen-bond acceptors (Lipinski definition) is 0. The van der Waals surface area contributed by atoms with Crippen LogP contribution in [0.15, 0.2) is 60.9 Å². The minimum Gasteiger partial charge on any atom is -0.361 e. The van der Waals surface area contributed by atoms with Gasteiger partial charge < -0.3 is 9.97 Å². The number of rotatable bonds is 2. The molecule has 0 aliphatic heterocycles. The Morgan fingerprint density at radius 2 is 1.15 bits per heavy atom. The van der Waals surface area contributed by atoms with Crippen LogP contribution in [0.1, 0.15) is 18.1 Å². The van der Waals surface area contributed by atoms with Crippen molar-refractivity contribution < 1.29 is 0 Å². The maximum Gasteiger partial charge on any atom is 0.0457 e. The molecular weight excluding hydrogens is 244 g/mol. The molecule has 2 aromatic carbocycles. The third-order valence-corrected chi connectivity index (χ3v) is 3.99. The molecule has 0 saturated carbocycles. The lowest BCUT2D eigenvalue weighted by atomic mass is 9.92. The molecule has 2 heteroatoms. The molecule has 97 valence electrons. The fourth-order valence-electron chi connectivity index (χ4n) is 2.91. The zero-order valence-electron chi connectivity index (χ0n) is 11.3. The van der Waals surface area contributed by atoms with Gasteiger partial charge in [0.1, 0.15) is 0 Å². The fourth-order valence-corrected chi connectivity index (χ4v) is 2.91. The lowest BCUT2D eigenvalue weighted by Gasteiger charge is -2.09. The molecular formula is C18H15N2. The normalized spacial score (nSPS) is 11.7. The summed E-state index contributed by atoms with van der Waals surface area (Å²) in [5.41, 5.74) is 4.90. The summed E-state index contributed by atoms with van der Waals surface area (Å²) < 4.78 is 0. The second-order valence-corrected chi connectivity index (χ2v) is 5.12. The Morgan fingerprint density at radius 1 is 0.700 bits per heavy atom. The van der Waals surface area contributed by atoms with Crippen molar-refractivity contribution in [1.29, 1.82) is 0 Å². The first-order valence-corrected chi connectivity index (χ1v) is 6.81. The minimum atomic E-state index is 1.18. The summed E-state index contributed by atoms with van der Waals surface area (Å²) >= 11 is 0. The molecule has 0 fully saturated rings. The van der Waals surface area contributed by atoms with E-state index in [4.69, 9.17) is 0 Å². The topological polar surface area (TPSA) is 31.6 Å². The largest absolute Gasteiger partial charge is 0.361 e. The first kappa shape index (κ1) is 11.4. The second kappa shape index (κ2) is 4.27. The van der Waals surface area contributed by atoms with Crippen LogP contribution in [0.25, 0.3) is 21.8 Å². The SMILES string of the molecule is C[C](c1c[nH]c2ccccc12)c1c[nH]c2ccccc12. The molecule has 2 heterocycles. The molecule has 0 aliphatic carbocycles. The third-order valence-electron chi connectivity index (χ3n) is 3.99. The number of aromatic nitrogens is 2. The predicted molar refractivity (Wildman–Crippen MR) is 83.7 cm³/mol. The van der Waals surface area contributed by atoms with Gasteiger partial charge in [0.25, 0.3) is 0 Å². The smallest absolute Gasteiger partial charge is 0.0457 e. The van der Waals surface area contributed by atoms with Crippen LogP contribution in [-0.2, 0) is 0 Å². The number of para-hydroxylation sites is 2. The Labute approximate surface area is 117 Å². The van der Waals surface area contributed by atoms with Gasteiger partial charge in [-0.2, -0.15) is 0 Å². The Bertz CT molecular complexity index is 808. The van der Waals surface area contributed by atoms with Gasteiger partial charge in [-0.25, -0.2) is 0 Å². The lowest BCUT2D eigenvalue weighted by molar-refractivity contribution is 1.21. The Balaban J connectivity index is 1.90. The van der Waals surface area contributed by atoms with Crippen molar-refractivity contribution >= 4 is 21.8 Å². The van der Waals surface area contributed by atoms with E-state index in [1.165, 1.54) is 38.9 Å². The van der Waals surface area contributed by atoms with Crippen LogP contribution in [0.2, 0.25) is 0 Å². The fraction of sp³-hybridized carbons (Fsp3) is 0.0556. The van der Waals surface area contributed by atoms with Crippen LogP contribution in [-0.4, -0.2) is 9.97 Å². The molecule has 4 rings (SSSR count). The summed E-state index contributed by atoms with van der Waals surface area (Å²) in [7, 11) is 0. The minimum absolute atomic E-state index is 1.18. The highest BCUT2D eigenvalue weighted by Gasteiger charge is 2.17. The number of benzene rings is 2. The van der Waals surface area contributed by atoms with Crippen molar-refractivity contribution in [2.75, 3.05) is 0 Å². The van der Waals surface area contributed by atoms with E-state index >= 15 is 0 Å². The van der Waals surface area contributed by atoms with E-state index in [1.54, 1.807) is 0 Å². The van der Waals surface area contributed by atoms with Crippen molar-refractivity contribution in [2.24, 2.45) is 0 Å². The van der Waals surface area contributed by atoms with Crippen molar-refractivity contribution in [3.63, 3.8) is 0 Å². The van der Waals surface area contributed by atoms with Crippen LogP contribution in [0, 0.1) is 5.92 Å². The van der Waals surface area contributed by atoms with Gasteiger partial charge in [0.2, 0.25) is 0 Å². The molecule has 2 nitrogen and oxygen atoms in total. The van der Waals surface area contributed by atoms with Crippen LogP contribution >= 0.6 is 0 Å². The molecule has 0 saturated heterocycles. The van der Waals surface area contributed by atoms with E-state index in [1.807, 2.05) is 0 Å². The van der Waals surface area contributed by atoms with Gasteiger partial charge >= 0.3 is 0 Å². The maximum atomic E-state index is 3.35. The zero-order valence-corrected chi connectivity index (χ0v) is 11.3. The van der Waals surface area contributed by atoms with Crippen LogP contribution in [0.5, 0.6) is 0 Å². The molecule has 2 aromatic heterocycles. The predicted octanol–water partition coefficient (Wildman–Crippen LogP) is 4.64. The van der Waals surface area contributed by atoms with Crippen molar-refractivity contribution in [3.05, 3.63) is 78.0 Å². The van der Waals surface area contributed by atoms with Gasteiger partial charge in [-0.3, -0.25) is 0 Å². The van der Waals surface area contributed by atoms with E-state index in [9.17, 15) is 0 Å². The highest BCUT2D eigenvalue weighted by molar-refractivity contribution is 5.90.